The molecule has 1 unspecified atom stereocenters. The van der Waals surface area contributed by atoms with Crippen molar-refractivity contribution in [3.05, 3.63) is 107 Å². The number of fused-ring (bicyclic) bond motifs is 2. The number of nitrogens with one attached hydrogen (secondary N) is 1. The molecule has 0 aliphatic carbocycles. The molecule has 2 aliphatic rings. The van der Waals surface area contributed by atoms with Gasteiger partial charge >= 0.3 is 0 Å². The van der Waals surface area contributed by atoms with E-state index >= 15 is 0 Å². The summed E-state index contributed by atoms with van der Waals surface area (Å²) in [5.41, 5.74) is 7.58. The Morgan fingerprint density at radius 3 is 2.27 bits per heavy atom. The first-order chi connectivity index (χ1) is 17.7. The number of aromatic nitrogens is 2. The second kappa shape index (κ2) is 8.54. The van der Waals surface area contributed by atoms with Gasteiger partial charge in [-0.3, -0.25) is 0 Å². The maximum atomic E-state index is 6.77. The lowest BCUT2D eigenvalue weighted by Gasteiger charge is -2.35. The van der Waals surface area contributed by atoms with Crippen molar-refractivity contribution in [2.45, 2.75) is 33.1 Å². The number of rotatable bonds is 3. The van der Waals surface area contributed by atoms with Crippen LogP contribution >= 0.6 is 6.19 Å². The van der Waals surface area contributed by atoms with Crippen LogP contribution < -0.4 is 15.3 Å². The predicted molar refractivity (Wildman–Crippen MR) is 160 cm³/mol. The van der Waals surface area contributed by atoms with Crippen molar-refractivity contribution in [2.24, 2.45) is 4.99 Å². The molecular weight excluding hydrogens is 493 g/mol. The van der Waals surface area contributed by atoms with Crippen molar-refractivity contribution in [1.29, 1.82) is 0 Å². The van der Waals surface area contributed by atoms with E-state index < -0.39 is 6.19 Å². The zero-order valence-electron chi connectivity index (χ0n) is 21.7. The molecule has 5 nitrogen and oxygen atoms in total. The van der Waals surface area contributed by atoms with E-state index in [1.165, 1.54) is 22.5 Å². The average Bonchev–Trinajstić information content (AvgIpc) is 3.34. The lowest BCUT2D eigenvalue weighted by Crippen LogP contribution is -2.29. The summed E-state index contributed by atoms with van der Waals surface area (Å²) >= 11 is 6.77. The molecule has 0 saturated heterocycles. The third-order valence-electron chi connectivity index (χ3n) is 7.42. The maximum Gasteiger partial charge on any atom is 0.166 e. The fraction of sp³-hybridized carbons (Fsp3) is 0.200. The van der Waals surface area contributed by atoms with Gasteiger partial charge in [-0.15, -0.1) is 0 Å². The smallest absolute Gasteiger partial charge is 0.166 e. The van der Waals surface area contributed by atoms with Crippen LogP contribution in [0.5, 0.6) is 0 Å². The van der Waals surface area contributed by atoms with Gasteiger partial charge in [-0.2, -0.15) is 5.10 Å². The second-order valence-corrected chi connectivity index (χ2v) is 14.3. The number of aryl methyl sites for hydroxylation is 2. The Balaban J connectivity index is 1.63. The highest BCUT2D eigenvalue weighted by molar-refractivity contribution is 8.21. The molecule has 37 heavy (non-hydrogen) atoms. The van der Waals surface area contributed by atoms with Crippen molar-refractivity contribution < 1.29 is 0 Å². The number of anilines is 2. The first-order valence-electron chi connectivity index (χ1n) is 12.4. The minimum absolute atomic E-state index is 0.230. The SMILES string of the molecule is Cc1ccc(NP2(=S)/C(=C3\N(C)c4ccccc4C3(C)C)C=Nc3c2c(C)nn3-c2ccccc2)cc1. The number of aliphatic imine (C=N–C) groups is 1. The number of hydrogen-bond donors (Lipinski definition) is 1. The molecule has 1 atom stereocenters. The molecule has 4 aromatic rings. The summed E-state index contributed by atoms with van der Waals surface area (Å²) in [6.07, 6.45) is -0.590. The summed E-state index contributed by atoms with van der Waals surface area (Å²) < 4.78 is 1.93. The fourth-order valence-electron chi connectivity index (χ4n) is 5.65. The van der Waals surface area contributed by atoms with Crippen LogP contribution in [0, 0.1) is 13.8 Å². The van der Waals surface area contributed by atoms with Crippen molar-refractivity contribution in [1.82, 2.24) is 9.78 Å². The van der Waals surface area contributed by atoms with Gasteiger partial charge in [0.2, 0.25) is 0 Å². The molecule has 186 valence electrons. The van der Waals surface area contributed by atoms with Crippen LogP contribution in [0.1, 0.15) is 30.7 Å². The molecule has 2 aliphatic heterocycles. The van der Waals surface area contributed by atoms with Gasteiger partial charge in [0.25, 0.3) is 0 Å². The summed E-state index contributed by atoms with van der Waals surface area (Å²) in [7, 11) is 2.14. The molecule has 0 amide bonds. The van der Waals surface area contributed by atoms with Gasteiger partial charge in [0.05, 0.1) is 22.9 Å². The molecule has 3 aromatic carbocycles. The molecule has 3 heterocycles. The van der Waals surface area contributed by atoms with E-state index in [-0.39, 0.29) is 5.41 Å². The molecule has 7 heteroatoms. The molecule has 1 aromatic heterocycles. The van der Waals surface area contributed by atoms with Crippen LogP contribution in [0.2, 0.25) is 0 Å². The lowest BCUT2D eigenvalue weighted by molar-refractivity contribution is 0.639. The first-order valence-corrected chi connectivity index (χ1v) is 15.3. The zero-order chi connectivity index (χ0) is 25.9. The van der Waals surface area contributed by atoms with Gasteiger partial charge in [0, 0.05) is 41.1 Å². The van der Waals surface area contributed by atoms with Crippen molar-refractivity contribution >= 4 is 46.7 Å². The summed E-state index contributed by atoms with van der Waals surface area (Å²) in [6.45, 7) is 8.72. The summed E-state index contributed by atoms with van der Waals surface area (Å²) in [5, 5.41) is 10.9. The molecule has 0 bridgehead atoms. The zero-order valence-corrected chi connectivity index (χ0v) is 23.4. The standard InChI is InChI=1S/C30H30N5PS/c1-20-15-17-22(18-16-20)33-36(37)26(28-30(3,4)24-13-9-10-14-25(24)34(28)5)19-31-29-27(36)21(2)32-35(29)23-11-7-6-8-12-23/h6-19H,1-5H3,(H,33,37)/b28-26-. The Morgan fingerprint density at radius 2 is 1.57 bits per heavy atom. The average molecular weight is 524 g/mol. The van der Waals surface area contributed by atoms with E-state index in [0.717, 1.165) is 33.5 Å². The van der Waals surface area contributed by atoms with E-state index in [0.29, 0.717) is 0 Å². The molecule has 6 rings (SSSR count). The molecule has 0 spiro atoms. The van der Waals surface area contributed by atoms with Crippen molar-refractivity contribution in [3.63, 3.8) is 0 Å². The highest BCUT2D eigenvalue weighted by atomic mass is 32.4. The second-order valence-electron chi connectivity index (χ2n) is 10.3. The Labute approximate surface area is 223 Å². The van der Waals surface area contributed by atoms with Gasteiger partial charge < -0.3 is 9.99 Å². The number of allylic oxidation sites excluding steroid dienone is 2. The summed E-state index contributed by atoms with van der Waals surface area (Å²) in [6, 6.07) is 27.3. The van der Waals surface area contributed by atoms with Crippen LogP contribution in [0.25, 0.3) is 5.69 Å². The molecule has 1 N–H and O–H groups in total. The van der Waals surface area contributed by atoms with Gasteiger partial charge in [-0.1, -0.05) is 79.7 Å². The van der Waals surface area contributed by atoms with Crippen LogP contribution in [0.15, 0.2) is 94.9 Å². The van der Waals surface area contributed by atoms with Crippen molar-refractivity contribution in [3.8, 4) is 5.69 Å². The minimum atomic E-state index is -2.59. The summed E-state index contributed by atoms with van der Waals surface area (Å²) in [4.78, 5) is 7.34. The Kier molecular flexibility index (Phi) is 5.52. The Hall–Kier alpha value is -3.47. The number of benzene rings is 3. The van der Waals surface area contributed by atoms with E-state index in [1.807, 2.05) is 29.1 Å². The fourth-order valence-corrected chi connectivity index (χ4v) is 9.88. The minimum Gasteiger partial charge on any atom is -0.351 e. The monoisotopic (exact) mass is 523 g/mol. The van der Waals surface area contributed by atoms with E-state index in [9.17, 15) is 0 Å². The van der Waals surface area contributed by atoms with E-state index in [2.05, 4.69) is 105 Å². The number of hydrogen-bond acceptors (Lipinski definition) is 4. The largest absolute Gasteiger partial charge is 0.351 e. The highest BCUT2D eigenvalue weighted by Gasteiger charge is 2.45. The molecule has 0 radical (unpaired) electrons. The van der Waals surface area contributed by atoms with Gasteiger partial charge in [-0.25, -0.2) is 9.67 Å². The third kappa shape index (κ3) is 3.62. The molecule has 0 fully saturated rings. The Bertz CT molecular complexity index is 1630. The number of nitrogens with zero attached hydrogens (tertiary/aromatic N) is 4. The number of likely N-dealkylation sites (N-methyl/N-ethyl adjacent to an activating group) is 1. The lowest BCUT2D eigenvalue weighted by atomic mass is 9.84. The number of para-hydroxylation sites is 2. The maximum absolute atomic E-state index is 6.77. The van der Waals surface area contributed by atoms with Crippen LogP contribution in [0.3, 0.4) is 0 Å². The van der Waals surface area contributed by atoms with Crippen LogP contribution in [0.4, 0.5) is 17.2 Å². The predicted octanol–water partition coefficient (Wildman–Crippen LogP) is 6.98. The van der Waals surface area contributed by atoms with E-state index in [1.54, 1.807) is 0 Å². The first kappa shape index (κ1) is 23.9. The Morgan fingerprint density at radius 1 is 0.892 bits per heavy atom. The highest BCUT2D eigenvalue weighted by Crippen LogP contribution is 2.62. The van der Waals surface area contributed by atoms with E-state index in [4.69, 9.17) is 21.9 Å². The third-order valence-corrected chi connectivity index (χ3v) is 11.6. The summed E-state index contributed by atoms with van der Waals surface area (Å²) in [5.74, 6) is 0.812. The van der Waals surface area contributed by atoms with Gasteiger partial charge in [0.1, 0.15) is 0 Å². The molecule has 0 saturated carbocycles. The quantitative estimate of drug-likeness (QED) is 0.295. The topological polar surface area (TPSA) is 45.4 Å². The van der Waals surface area contributed by atoms with Crippen LogP contribution in [-0.2, 0) is 17.2 Å². The van der Waals surface area contributed by atoms with Gasteiger partial charge in [-0.05, 0) is 49.7 Å². The van der Waals surface area contributed by atoms with Crippen LogP contribution in [-0.4, -0.2) is 23.0 Å². The van der Waals surface area contributed by atoms with Gasteiger partial charge in [0.15, 0.2) is 5.82 Å². The normalized spacial score (nSPS) is 21.6. The van der Waals surface area contributed by atoms with Crippen molar-refractivity contribution in [2.75, 3.05) is 17.0 Å². The molecular formula is C30H30N5PS.